The Labute approximate surface area is 184 Å². The fourth-order valence-corrected chi connectivity index (χ4v) is 4.37. The Balaban J connectivity index is 2.14. The molecule has 1 atom stereocenters. The summed E-state index contributed by atoms with van der Waals surface area (Å²) in [5, 5.41) is 2.91. The second kappa shape index (κ2) is 10.5. The van der Waals surface area contributed by atoms with E-state index in [0.29, 0.717) is 17.9 Å². The van der Waals surface area contributed by atoms with Crippen molar-refractivity contribution in [2.75, 3.05) is 34.9 Å². The van der Waals surface area contributed by atoms with Crippen LogP contribution >= 0.6 is 0 Å². The van der Waals surface area contributed by atoms with Crippen LogP contribution in [0.2, 0.25) is 0 Å². The van der Waals surface area contributed by atoms with Gasteiger partial charge in [0, 0.05) is 13.1 Å². The van der Waals surface area contributed by atoms with E-state index in [2.05, 4.69) is 5.32 Å². The minimum atomic E-state index is -3.89. The van der Waals surface area contributed by atoms with Crippen molar-refractivity contribution >= 4 is 15.9 Å². The normalized spacial score (nSPS) is 12.4. The lowest BCUT2D eigenvalue weighted by molar-refractivity contribution is -0.121. The summed E-state index contributed by atoms with van der Waals surface area (Å²) >= 11 is 0. The van der Waals surface area contributed by atoms with Gasteiger partial charge in [-0.25, -0.2) is 8.42 Å². The molecular weight excluding hydrogens is 420 g/mol. The molecule has 0 fully saturated rings. The minimum Gasteiger partial charge on any atom is -0.496 e. The van der Waals surface area contributed by atoms with Gasteiger partial charge in [0.25, 0.3) is 0 Å². The highest BCUT2D eigenvalue weighted by Crippen LogP contribution is 2.30. The maximum Gasteiger partial charge on any atom is 0.243 e. The quantitative estimate of drug-likeness (QED) is 0.598. The maximum absolute atomic E-state index is 12.9. The number of carbonyl (C=O) groups is 1. The third-order valence-corrected chi connectivity index (χ3v) is 6.79. The summed E-state index contributed by atoms with van der Waals surface area (Å²) in [6.45, 7) is 3.57. The zero-order chi connectivity index (χ0) is 23.2. The number of nitrogens with one attached hydrogen (secondary N) is 1. The van der Waals surface area contributed by atoms with Gasteiger partial charge >= 0.3 is 0 Å². The number of sulfonamides is 1. The first kappa shape index (κ1) is 24.5. The molecule has 0 saturated heterocycles. The van der Waals surface area contributed by atoms with E-state index in [9.17, 15) is 13.2 Å². The first-order valence-electron chi connectivity index (χ1n) is 9.80. The molecule has 0 aliphatic carbocycles. The molecule has 0 heterocycles. The van der Waals surface area contributed by atoms with Gasteiger partial charge < -0.3 is 19.5 Å². The molecule has 1 amide bonds. The third-order valence-electron chi connectivity index (χ3n) is 4.99. The van der Waals surface area contributed by atoms with Gasteiger partial charge in [0.05, 0.1) is 38.8 Å². The Kier molecular flexibility index (Phi) is 8.29. The molecule has 0 radical (unpaired) electrons. The summed E-state index contributed by atoms with van der Waals surface area (Å²) in [5.41, 5.74) is 1.89. The molecule has 8 nitrogen and oxygen atoms in total. The molecule has 0 aliphatic heterocycles. The van der Waals surface area contributed by atoms with Gasteiger partial charge in [-0.3, -0.25) is 4.79 Å². The highest BCUT2D eigenvalue weighted by Gasteiger charge is 2.25. The largest absolute Gasteiger partial charge is 0.496 e. The van der Waals surface area contributed by atoms with Gasteiger partial charge in [0.2, 0.25) is 15.9 Å². The molecule has 31 heavy (non-hydrogen) atoms. The SMILES string of the molecule is CC[C@H](NC(=O)CN(C)S(=O)(=O)c1ccc(OC)c(OC)c1)c1ccc(OC)c(C)c1. The number of methoxy groups -OCH3 is 3. The lowest BCUT2D eigenvalue weighted by Gasteiger charge is -2.22. The molecule has 2 aromatic carbocycles. The number of aryl methyl sites for hydroxylation is 1. The summed E-state index contributed by atoms with van der Waals surface area (Å²) in [6.07, 6.45) is 0.656. The molecule has 0 saturated carbocycles. The van der Waals surface area contributed by atoms with Gasteiger partial charge in [-0.1, -0.05) is 19.1 Å². The zero-order valence-corrected chi connectivity index (χ0v) is 19.6. The summed E-state index contributed by atoms with van der Waals surface area (Å²) in [5.74, 6) is 1.09. The van der Waals surface area contributed by atoms with Gasteiger partial charge in [-0.15, -0.1) is 0 Å². The van der Waals surface area contributed by atoms with E-state index in [0.717, 1.165) is 21.2 Å². The maximum atomic E-state index is 12.9. The fourth-order valence-electron chi connectivity index (χ4n) is 3.22. The van der Waals surface area contributed by atoms with Gasteiger partial charge in [0.1, 0.15) is 5.75 Å². The average molecular weight is 451 g/mol. The Morgan fingerprint density at radius 2 is 1.61 bits per heavy atom. The van der Waals surface area contributed by atoms with Crippen molar-refractivity contribution in [3.05, 3.63) is 47.5 Å². The lowest BCUT2D eigenvalue weighted by atomic mass is 10.0. The molecule has 0 spiro atoms. The van der Waals surface area contributed by atoms with E-state index in [4.69, 9.17) is 14.2 Å². The van der Waals surface area contributed by atoms with Crippen molar-refractivity contribution < 1.29 is 27.4 Å². The van der Waals surface area contributed by atoms with Crippen molar-refractivity contribution in [3.8, 4) is 17.2 Å². The van der Waals surface area contributed by atoms with Crippen molar-refractivity contribution in [1.82, 2.24) is 9.62 Å². The lowest BCUT2D eigenvalue weighted by Crippen LogP contribution is -2.39. The Hall–Kier alpha value is -2.78. The van der Waals surface area contributed by atoms with Crippen LogP contribution in [-0.2, 0) is 14.8 Å². The highest BCUT2D eigenvalue weighted by molar-refractivity contribution is 7.89. The number of rotatable bonds is 10. The molecule has 9 heteroatoms. The van der Waals surface area contributed by atoms with Crippen LogP contribution < -0.4 is 19.5 Å². The molecule has 0 bridgehead atoms. The Bertz CT molecular complexity index is 1020. The molecular formula is C22H30N2O6S. The fraction of sp³-hybridized carbons (Fsp3) is 0.409. The number of hydrogen-bond donors (Lipinski definition) is 1. The molecule has 2 rings (SSSR count). The number of carbonyl (C=O) groups excluding carboxylic acids is 1. The molecule has 0 unspecified atom stereocenters. The van der Waals surface area contributed by atoms with Crippen molar-refractivity contribution in [1.29, 1.82) is 0 Å². The van der Waals surface area contributed by atoms with Crippen molar-refractivity contribution in [3.63, 3.8) is 0 Å². The third kappa shape index (κ3) is 5.68. The summed E-state index contributed by atoms with van der Waals surface area (Å²) < 4.78 is 42.4. The molecule has 2 aromatic rings. The predicted molar refractivity (Wildman–Crippen MR) is 118 cm³/mol. The van der Waals surface area contributed by atoms with Crippen molar-refractivity contribution in [2.24, 2.45) is 0 Å². The van der Waals surface area contributed by atoms with Crippen LogP contribution in [0.5, 0.6) is 17.2 Å². The second-order valence-electron chi connectivity index (χ2n) is 7.04. The van der Waals surface area contributed by atoms with Crippen LogP contribution in [0.25, 0.3) is 0 Å². The summed E-state index contributed by atoms with van der Waals surface area (Å²) in [7, 11) is 1.97. The minimum absolute atomic E-state index is 0.0123. The predicted octanol–water partition coefficient (Wildman–Crippen LogP) is 2.91. The van der Waals surface area contributed by atoms with E-state index in [-0.39, 0.29) is 17.5 Å². The van der Waals surface area contributed by atoms with Crippen LogP contribution in [0.1, 0.15) is 30.5 Å². The van der Waals surface area contributed by atoms with Crippen molar-refractivity contribution in [2.45, 2.75) is 31.2 Å². The number of likely N-dealkylation sites (N-methyl/N-ethyl adjacent to an activating group) is 1. The molecule has 1 N–H and O–H groups in total. The number of nitrogens with zero attached hydrogens (tertiary/aromatic N) is 1. The van der Waals surface area contributed by atoms with Gasteiger partial charge in [0.15, 0.2) is 11.5 Å². The topological polar surface area (TPSA) is 94.2 Å². The number of ether oxygens (including phenoxy) is 3. The standard InChI is InChI=1S/C22H30N2O6S/c1-7-18(16-8-10-19(28-4)15(2)12-16)23-22(25)14-24(3)31(26,27)17-9-11-20(29-5)21(13-17)30-6/h8-13,18H,7,14H2,1-6H3,(H,23,25)/t18-/m0/s1. The molecule has 170 valence electrons. The number of benzene rings is 2. The van der Waals surface area contributed by atoms with Crippen LogP contribution in [0.4, 0.5) is 0 Å². The van der Waals surface area contributed by atoms with Gasteiger partial charge in [-0.2, -0.15) is 4.31 Å². The van der Waals surface area contributed by atoms with E-state index >= 15 is 0 Å². The smallest absolute Gasteiger partial charge is 0.243 e. The van der Waals surface area contributed by atoms with Crippen LogP contribution in [-0.4, -0.2) is 53.6 Å². The van der Waals surface area contributed by atoms with E-state index < -0.39 is 15.9 Å². The molecule has 0 aliphatic rings. The van der Waals surface area contributed by atoms with Crippen LogP contribution in [0, 0.1) is 6.92 Å². The summed E-state index contributed by atoms with van der Waals surface area (Å²) in [6, 6.07) is 9.76. The van der Waals surface area contributed by atoms with E-state index in [1.54, 1.807) is 7.11 Å². The highest BCUT2D eigenvalue weighted by atomic mass is 32.2. The monoisotopic (exact) mass is 450 g/mol. The number of amides is 1. The molecule has 0 aromatic heterocycles. The Morgan fingerprint density at radius 1 is 1.00 bits per heavy atom. The average Bonchev–Trinajstić information content (AvgIpc) is 2.76. The Morgan fingerprint density at radius 3 is 2.16 bits per heavy atom. The zero-order valence-electron chi connectivity index (χ0n) is 18.8. The number of hydrogen-bond acceptors (Lipinski definition) is 6. The van der Waals surface area contributed by atoms with Crippen LogP contribution in [0.15, 0.2) is 41.3 Å². The first-order chi connectivity index (χ1) is 14.7. The second-order valence-corrected chi connectivity index (χ2v) is 9.08. The van der Waals surface area contributed by atoms with E-state index in [1.165, 1.54) is 39.5 Å². The summed E-state index contributed by atoms with van der Waals surface area (Å²) in [4.78, 5) is 12.6. The van der Waals surface area contributed by atoms with Gasteiger partial charge in [-0.05, 0) is 42.7 Å². The van der Waals surface area contributed by atoms with E-state index in [1.807, 2.05) is 32.0 Å². The van der Waals surface area contributed by atoms with Crippen LogP contribution in [0.3, 0.4) is 0 Å². The first-order valence-corrected chi connectivity index (χ1v) is 11.2.